The van der Waals surface area contributed by atoms with Crippen LogP contribution in [0.5, 0.6) is 0 Å². The fraction of sp³-hybridized carbons (Fsp3) is 0.286. The average Bonchev–Trinajstić information content (AvgIpc) is 3.48. The van der Waals surface area contributed by atoms with E-state index in [-0.39, 0.29) is 6.61 Å². The van der Waals surface area contributed by atoms with E-state index in [4.69, 9.17) is 18.9 Å². The molecule has 2 heterocycles. The fourth-order valence-electron chi connectivity index (χ4n) is 5.96. The third kappa shape index (κ3) is 5.08. The molecule has 0 radical (unpaired) electrons. The molecular formula is C35H34N2O4. The Bertz CT molecular complexity index is 1380. The maximum absolute atomic E-state index is 10.8. The highest BCUT2D eigenvalue weighted by molar-refractivity contribution is 5.47. The molecule has 4 atom stereocenters. The molecule has 2 aliphatic rings. The summed E-state index contributed by atoms with van der Waals surface area (Å²) in [6.07, 6.45) is -2.03. The third-order valence-corrected chi connectivity index (χ3v) is 7.92. The van der Waals surface area contributed by atoms with Gasteiger partial charge in [0.25, 0.3) is 0 Å². The lowest BCUT2D eigenvalue weighted by atomic mass is 9.80. The van der Waals surface area contributed by atoms with E-state index in [2.05, 4.69) is 47.8 Å². The molecule has 1 N–H and O–H groups in total. The molecule has 0 bridgehead atoms. The molecule has 0 spiro atoms. The second-order valence-corrected chi connectivity index (χ2v) is 11.0. The second kappa shape index (κ2) is 11.2. The SMILES string of the molecule is CC1(C)O[C@H]2O[C@H](COC(c3ccccc3)(c3ccccc3)c3ccccc3)[C@@](C#N)(NCc3ccccc3)[C@H]2O1. The van der Waals surface area contributed by atoms with Gasteiger partial charge in [-0.3, -0.25) is 5.32 Å². The van der Waals surface area contributed by atoms with Crippen molar-refractivity contribution in [2.75, 3.05) is 6.61 Å². The lowest BCUT2D eigenvalue weighted by Gasteiger charge is -2.39. The number of hydrogen-bond acceptors (Lipinski definition) is 6. The largest absolute Gasteiger partial charge is 0.358 e. The predicted molar refractivity (Wildman–Crippen MR) is 155 cm³/mol. The van der Waals surface area contributed by atoms with Crippen LogP contribution >= 0.6 is 0 Å². The second-order valence-electron chi connectivity index (χ2n) is 11.0. The van der Waals surface area contributed by atoms with Crippen molar-refractivity contribution in [3.8, 4) is 6.07 Å². The number of nitrogens with zero attached hydrogens (tertiary/aromatic N) is 1. The van der Waals surface area contributed by atoms with Gasteiger partial charge in [0.2, 0.25) is 0 Å². The number of rotatable bonds is 9. The summed E-state index contributed by atoms with van der Waals surface area (Å²) in [5.41, 5.74) is 1.81. The van der Waals surface area contributed by atoms with Gasteiger partial charge in [0, 0.05) is 6.54 Å². The van der Waals surface area contributed by atoms with Crippen molar-refractivity contribution in [1.29, 1.82) is 5.26 Å². The Morgan fingerprint density at radius 2 is 1.24 bits per heavy atom. The van der Waals surface area contributed by atoms with Crippen molar-refractivity contribution in [3.63, 3.8) is 0 Å². The lowest BCUT2D eigenvalue weighted by molar-refractivity contribution is -0.218. The maximum Gasteiger partial charge on any atom is 0.190 e. The van der Waals surface area contributed by atoms with Gasteiger partial charge in [-0.1, -0.05) is 121 Å². The molecule has 6 heteroatoms. The Kier molecular flexibility index (Phi) is 7.48. The summed E-state index contributed by atoms with van der Waals surface area (Å²) >= 11 is 0. The van der Waals surface area contributed by atoms with Crippen LogP contribution in [-0.4, -0.2) is 36.4 Å². The molecule has 0 aliphatic carbocycles. The van der Waals surface area contributed by atoms with Gasteiger partial charge >= 0.3 is 0 Å². The molecule has 6 nitrogen and oxygen atoms in total. The first-order valence-electron chi connectivity index (χ1n) is 14.0. The van der Waals surface area contributed by atoms with Crippen molar-refractivity contribution in [2.45, 2.75) is 55.8 Å². The molecule has 4 aromatic carbocycles. The molecule has 2 aliphatic heterocycles. The van der Waals surface area contributed by atoms with Crippen molar-refractivity contribution < 1.29 is 18.9 Å². The van der Waals surface area contributed by atoms with Gasteiger partial charge < -0.3 is 18.9 Å². The van der Waals surface area contributed by atoms with Crippen LogP contribution in [0.2, 0.25) is 0 Å². The summed E-state index contributed by atoms with van der Waals surface area (Å²) in [6.45, 7) is 4.24. The van der Waals surface area contributed by atoms with Gasteiger partial charge in [0.15, 0.2) is 17.6 Å². The zero-order chi connectivity index (χ0) is 28.3. The van der Waals surface area contributed by atoms with Gasteiger partial charge in [0.1, 0.15) is 17.8 Å². The minimum Gasteiger partial charge on any atom is -0.358 e. The van der Waals surface area contributed by atoms with Gasteiger partial charge in [-0.25, -0.2) is 0 Å². The van der Waals surface area contributed by atoms with Crippen LogP contribution in [0.15, 0.2) is 121 Å². The van der Waals surface area contributed by atoms with Crippen LogP contribution in [0.4, 0.5) is 0 Å². The number of nitrogens with one attached hydrogen (secondary N) is 1. The van der Waals surface area contributed by atoms with E-state index in [0.29, 0.717) is 6.54 Å². The van der Waals surface area contributed by atoms with Crippen LogP contribution in [0, 0.1) is 11.3 Å². The maximum atomic E-state index is 10.8. The Labute approximate surface area is 241 Å². The summed E-state index contributed by atoms with van der Waals surface area (Å²) in [5.74, 6) is -0.875. The van der Waals surface area contributed by atoms with Crippen LogP contribution in [0.25, 0.3) is 0 Å². The summed E-state index contributed by atoms with van der Waals surface area (Å²) in [6, 6.07) is 43.0. The lowest BCUT2D eigenvalue weighted by Crippen LogP contribution is -2.60. The van der Waals surface area contributed by atoms with Crippen LogP contribution in [0.3, 0.4) is 0 Å². The monoisotopic (exact) mass is 546 g/mol. The van der Waals surface area contributed by atoms with Crippen molar-refractivity contribution in [3.05, 3.63) is 144 Å². The van der Waals surface area contributed by atoms with E-state index >= 15 is 0 Å². The van der Waals surface area contributed by atoms with Crippen LogP contribution in [0.1, 0.15) is 36.1 Å². The van der Waals surface area contributed by atoms with Crippen molar-refractivity contribution >= 4 is 0 Å². The molecule has 41 heavy (non-hydrogen) atoms. The van der Waals surface area contributed by atoms with E-state index in [1.165, 1.54) is 0 Å². The highest BCUT2D eigenvalue weighted by Gasteiger charge is 2.64. The van der Waals surface area contributed by atoms with Crippen molar-refractivity contribution in [1.82, 2.24) is 5.32 Å². The highest BCUT2D eigenvalue weighted by atomic mass is 16.8. The molecule has 2 fully saturated rings. The number of nitriles is 1. The number of ether oxygens (including phenoxy) is 4. The van der Waals surface area contributed by atoms with E-state index in [1.807, 2.05) is 98.8 Å². The number of hydrogen-bond donors (Lipinski definition) is 1. The first kappa shape index (κ1) is 27.3. The quantitative estimate of drug-likeness (QED) is 0.263. The zero-order valence-corrected chi connectivity index (χ0v) is 23.3. The Balaban J connectivity index is 1.40. The Morgan fingerprint density at radius 3 is 1.73 bits per heavy atom. The zero-order valence-electron chi connectivity index (χ0n) is 23.3. The summed E-state index contributed by atoms with van der Waals surface area (Å²) < 4.78 is 25.9. The molecule has 0 aromatic heterocycles. The van der Waals surface area contributed by atoms with Gasteiger partial charge in [-0.05, 0) is 36.1 Å². The predicted octanol–water partition coefficient (Wildman–Crippen LogP) is 5.92. The Hall–Kier alpha value is -3.83. The summed E-state index contributed by atoms with van der Waals surface area (Å²) in [4.78, 5) is 0. The molecule has 208 valence electrons. The van der Waals surface area contributed by atoms with E-state index in [0.717, 1.165) is 22.3 Å². The molecule has 4 aromatic rings. The molecule has 0 unspecified atom stereocenters. The molecule has 0 saturated carbocycles. The molecule has 2 saturated heterocycles. The minimum atomic E-state index is -1.22. The summed E-state index contributed by atoms with van der Waals surface area (Å²) in [7, 11) is 0. The van der Waals surface area contributed by atoms with E-state index < -0.39 is 35.4 Å². The molecular weight excluding hydrogens is 512 g/mol. The number of benzene rings is 4. The number of fused-ring (bicyclic) bond motifs is 1. The van der Waals surface area contributed by atoms with Crippen LogP contribution < -0.4 is 5.32 Å². The standard InChI is InChI=1S/C35H34N2O4/c1-33(2)40-31-32(41-33)39-30(34(31,25-36)37-23-26-15-7-3-8-16-26)24-38-35(27-17-9-4-10-18-27,28-19-11-5-12-20-28)29-21-13-6-14-22-29/h3-22,30-32,37H,23-24H2,1-2H3/t30-,31+,32-,34-/m1/s1. The normalized spacial score (nSPS) is 25.0. The van der Waals surface area contributed by atoms with Crippen molar-refractivity contribution in [2.24, 2.45) is 0 Å². The molecule has 6 rings (SSSR count). The third-order valence-electron chi connectivity index (χ3n) is 7.92. The highest BCUT2D eigenvalue weighted by Crippen LogP contribution is 2.46. The minimum absolute atomic E-state index is 0.105. The van der Waals surface area contributed by atoms with E-state index in [9.17, 15) is 5.26 Å². The van der Waals surface area contributed by atoms with Gasteiger partial charge in [0.05, 0.1) is 12.7 Å². The fourth-order valence-corrected chi connectivity index (χ4v) is 5.96. The summed E-state index contributed by atoms with van der Waals surface area (Å²) in [5, 5.41) is 14.3. The van der Waals surface area contributed by atoms with Gasteiger partial charge in [-0.2, -0.15) is 5.26 Å². The molecule has 0 amide bonds. The first-order valence-corrected chi connectivity index (χ1v) is 14.0. The van der Waals surface area contributed by atoms with E-state index in [1.54, 1.807) is 0 Å². The van der Waals surface area contributed by atoms with Crippen LogP contribution in [-0.2, 0) is 31.1 Å². The Morgan fingerprint density at radius 1 is 0.756 bits per heavy atom. The average molecular weight is 547 g/mol. The smallest absolute Gasteiger partial charge is 0.190 e. The topological polar surface area (TPSA) is 72.7 Å². The van der Waals surface area contributed by atoms with Gasteiger partial charge in [-0.15, -0.1) is 0 Å². The first-order chi connectivity index (χ1) is 20.0.